The van der Waals surface area contributed by atoms with E-state index in [2.05, 4.69) is 4.98 Å². The van der Waals surface area contributed by atoms with Gasteiger partial charge in [-0.25, -0.2) is 0 Å². The van der Waals surface area contributed by atoms with Crippen molar-refractivity contribution in [2.45, 2.75) is 6.10 Å². The van der Waals surface area contributed by atoms with Gasteiger partial charge >= 0.3 is 0 Å². The lowest BCUT2D eigenvalue weighted by molar-refractivity contribution is 0.225. The molecule has 0 saturated heterocycles. The van der Waals surface area contributed by atoms with E-state index >= 15 is 0 Å². The molecule has 2 heteroatoms. The standard InChI is InChI=1S/C12H9NO/c14-12-10-4-2-1-3-8(10)9-5-6-13-7-11(9)12/h1-7,12,14H. The van der Waals surface area contributed by atoms with E-state index in [-0.39, 0.29) is 0 Å². The summed E-state index contributed by atoms with van der Waals surface area (Å²) in [6.07, 6.45) is 2.99. The Morgan fingerprint density at radius 1 is 1.00 bits per heavy atom. The summed E-state index contributed by atoms with van der Waals surface area (Å²) in [5.41, 5.74) is 4.12. The van der Waals surface area contributed by atoms with Crippen LogP contribution in [0.2, 0.25) is 0 Å². The normalized spacial score (nSPS) is 17.6. The summed E-state index contributed by atoms with van der Waals surface area (Å²) in [6.45, 7) is 0. The summed E-state index contributed by atoms with van der Waals surface area (Å²) in [6, 6.07) is 9.87. The third kappa shape index (κ3) is 0.860. The minimum atomic E-state index is -0.505. The van der Waals surface area contributed by atoms with Gasteiger partial charge in [0.1, 0.15) is 6.10 Å². The van der Waals surface area contributed by atoms with Crippen LogP contribution >= 0.6 is 0 Å². The molecule has 2 aromatic rings. The lowest BCUT2D eigenvalue weighted by atomic mass is 10.1. The number of aromatic nitrogens is 1. The van der Waals surface area contributed by atoms with E-state index in [9.17, 15) is 5.11 Å². The predicted molar refractivity (Wildman–Crippen MR) is 53.7 cm³/mol. The molecule has 3 rings (SSSR count). The van der Waals surface area contributed by atoms with Crippen molar-refractivity contribution in [2.24, 2.45) is 0 Å². The molecule has 0 aliphatic heterocycles. The van der Waals surface area contributed by atoms with Crippen molar-refractivity contribution in [1.82, 2.24) is 4.98 Å². The second-order valence-electron chi connectivity index (χ2n) is 3.45. The summed E-state index contributed by atoms with van der Waals surface area (Å²) in [7, 11) is 0. The molecular weight excluding hydrogens is 174 g/mol. The van der Waals surface area contributed by atoms with Crippen LogP contribution in [0.1, 0.15) is 17.2 Å². The zero-order valence-electron chi connectivity index (χ0n) is 7.51. The lowest BCUT2D eigenvalue weighted by Crippen LogP contribution is -1.93. The van der Waals surface area contributed by atoms with Crippen molar-refractivity contribution in [1.29, 1.82) is 0 Å². The van der Waals surface area contributed by atoms with E-state index in [1.54, 1.807) is 12.4 Å². The Hall–Kier alpha value is -1.67. The second kappa shape index (κ2) is 2.66. The first kappa shape index (κ1) is 7.71. The molecule has 1 heterocycles. The smallest absolute Gasteiger partial charge is 0.107 e. The highest BCUT2D eigenvalue weighted by atomic mass is 16.3. The Kier molecular flexibility index (Phi) is 1.46. The number of aliphatic hydroxyl groups is 1. The monoisotopic (exact) mass is 183 g/mol. The number of pyridine rings is 1. The Bertz CT molecular complexity index is 448. The molecule has 1 aromatic heterocycles. The molecule has 0 spiro atoms. The SMILES string of the molecule is OC1c2ccccc2-c2ccncc21. The summed E-state index contributed by atoms with van der Waals surface area (Å²) < 4.78 is 0. The van der Waals surface area contributed by atoms with E-state index in [1.807, 2.05) is 30.3 Å². The van der Waals surface area contributed by atoms with Crippen LogP contribution in [-0.2, 0) is 0 Å². The average molecular weight is 183 g/mol. The van der Waals surface area contributed by atoms with Crippen molar-refractivity contribution in [3.05, 3.63) is 53.9 Å². The van der Waals surface area contributed by atoms with Gasteiger partial charge in [-0.3, -0.25) is 4.98 Å². The lowest BCUT2D eigenvalue weighted by Gasteiger charge is -2.03. The Labute approximate surface area is 81.9 Å². The minimum Gasteiger partial charge on any atom is -0.384 e. The number of hydrogen-bond donors (Lipinski definition) is 1. The van der Waals surface area contributed by atoms with Crippen LogP contribution < -0.4 is 0 Å². The van der Waals surface area contributed by atoms with Crippen LogP contribution in [0.5, 0.6) is 0 Å². The van der Waals surface area contributed by atoms with Gasteiger partial charge in [0.25, 0.3) is 0 Å². The summed E-state index contributed by atoms with van der Waals surface area (Å²) in [5.74, 6) is 0. The molecule has 0 saturated carbocycles. The largest absolute Gasteiger partial charge is 0.384 e. The Balaban J connectivity index is 2.36. The molecule has 0 radical (unpaired) electrons. The maximum Gasteiger partial charge on any atom is 0.107 e. The van der Waals surface area contributed by atoms with Crippen molar-refractivity contribution in [3.8, 4) is 11.1 Å². The van der Waals surface area contributed by atoms with E-state index in [0.29, 0.717) is 0 Å². The number of aliphatic hydroxyl groups excluding tert-OH is 1. The molecule has 0 fully saturated rings. The van der Waals surface area contributed by atoms with E-state index in [1.165, 1.54) is 0 Å². The molecule has 1 aliphatic rings. The van der Waals surface area contributed by atoms with Crippen LogP contribution in [0, 0.1) is 0 Å². The first-order valence-electron chi connectivity index (χ1n) is 4.59. The highest BCUT2D eigenvalue weighted by Crippen LogP contribution is 2.42. The third-order valence-corrected chi connectivity index (χ3v) is 2.69. The third-order valence-electron chi connectivity index (χ3n) is 2.69. The van der Waals surface area contributed by atoms with Gasteiger partial charge in [-0.05, 0) is 22.8 Å². The van der Waals surface area contributed by atoms with Crippen LogP contribution in [0.3, 0.4) is 0 Å². The molecule has 1 aromatic carbocycles. The van der Waals surface area contributed by atoms with Crippen LogP contribution in [0.4, 0.5) is 0 Å². The maximum absolute atomic E-state index is 9.99. The van der Waals surface area contributed by atoms with Crippen molar-refractivity contribution in [3.63, 3.8) is 0 Å². The number of hydrogen-bond acceptors (Lipinski definition) is 2. The fourth-order valence-corrected chi connectivity index (χ4v) is 2.02. The van der Waals surface area contributed by atoms with Gasteiger partial charge in [0.05, 0.1) is 0 Å². The molecule has 14 heavy (non-hydrogen) atoms. The average Bonchev–Trinajstić information content (AvgIpc) is 2.55. The molecule has 1 N–H and O–H groups in total. The molecule has 1 unspecified atom stereocenters. The summed E-state index contributed by atoms with van der Waals surface area (Å²) in [5, 5.41) is 9.99. The van der Waals surface area contributed by atoms with Gasteiger partial charge in [-0.15, -0.1) is 0 Å². The van der Waals surface area contributed by atoms with E-state index in [4.69, 9.17) is 0 Å². The van der Waals surface area contributed by atoms with Gasteiger partial charge in [0.2, 0.25) is 0 Å². The van der Waals surface area contributed by atoms with Gasteiger partial charge in [0.15, 0.2) is 0 Å². The second-order valence-corrected chi connectivity index (χ2v) is 3.45. The number of benzene rings is 1. The Morgan fingerprint density at radius 2 is 1.79 bits per heavy atom. The maximum atomic E-state index is 9.99. The molecular formula is C12H9NO. The quantitative estimate of drug-likeness (QED) is 0.678. The highest BCUT2D eigenvalue weighted by Gasteiger charge is 2.25. The fourth-order valence-electron chi connectivity index (χ4n) is 2.02. The first-order valence-corrected chi connectivity index (χ1v) is 4.59. The molecule has 0 amide bonds. The molecule has 0 bridgehead atoms. The highest BCUT2D eigenvalue weighted by molar-refractivity contribution is 5.77. The van der Waals surface area contributed by atoms with Gasteiger partial charge in [-0.2, -0.15) is 0 Å². The molecule has 2 nitrogen and oxygen atoms in total. The van der Waals surface area contributed by atoms with Crippen LogP contribution in [0.25, 0.3) is 11.1 Å². The summed E-state index contributed by atoms with van der Waals surface area (Å²) in [4.78, 5) is 4.03. The molecule has 68 valence electrons. The first-order chi connectivity index (χ1) is 6.88. The predicted octanol–water partition coefficient (Wildman–Crippen LogP) is 2.14. The van der Waals surface area contributed by atoms with Crippen LogP contribution in [0.15, 0.2) is 42.7 Å². The fraction of sp³-hybridized carbons (Fsp3) is 0.0833. The van der Waals surface area contributed by atoms with E-state index in [0.717, 1.165) is 22.3 Å². The van der Waals surface area contributed by atoms with E-state index < -0.39 is 6.10 Å². The topological polar surface area (TPSA) is 33.1 Å². The van der Waals surface area contributed by atoms with Crippen molar-refractivity contribution in [2.75, 3.05) is 0 Å². The number of fused-ring (bicyclic) bond motifs is 3. The zero-order chi connectivity index (χ0) is 9.54. The van der Waals surface area contributed by atoms with Crippen molar-refractivity contribution < 1.29 is 5.11 Å². The van der Waals surface area contributed by atoms with Gasteiger partial charge in [-0.1, -0.05) is 24.3 Å². The Morgan fingerprint density at radius 3 is 2.71 bits per heavy atom. The number of rotatable bonds is 0. The van der Waals surface area contributed by atoms with Gasteiger partial charge in [0, 0.05) is 18.0 Å². The summed E-state index contributed by atoms with van der Waals surface area (Å²) >= 11 is 0. The van der Waals surface area contributed by atoms with Crippen LogP contribution in [-0.4, -0.2) is 10.1 Å². The van der Waals surface area contributed by atoms with Gasteiger partial charge < -0.3 is 5.11 Å². The minimum absolute atomic E-state index is 0.505. The number of nitrogens with zero attached hydrogens (tertiary/aromatic N) is 1. The zero-order valence-corrected chi connectivity index (χ0v) is 7.51. The molecule has 1 atom stereocenters. The van der Waals surface area contributed by atoms with Crippen molar-refractivity contribution >= 4 is 0 Å². The molecule has 1 aliphatic carbocycles.